The first-order valence-electron chi connectivity index (χ1n) is 4.49. The summed E-state index contributed by atoms with van der Waals surface area (Å²) in [4.78, 5) is 2.07. The first kappa shape index (κ1) is 11.4. The third kappa shape index (κ3) is 3.93. The van der Waals surface area contributed by atoms with E-state index in [1.165, 1.54) is 3.58 Å². The van der Waals surface area contributed by atoms with Gasteiger partial charge in [0, 0.05) is 33.2 Å². The fourth-order valence-electron chi connectivity index (χ4n) is 1.34. The molecule has 13 heavy (non-hydrogen) atoms. The number of aliphatic hydroxyl groups is 1. The summed E-state index contributed by atoms with van der Waals surface area (Å²) in [5, 5.41) is 9.71. The number of methoxy groups -OCH3 is 1. The summed E-state index contributed by atoms with van der Waals surface area (Å²) < 4.78 is 6.32. The summed E-state index contributed by atoms with van der Waals surface area (Å²) in [7, 11) is 1.66. The zero-order valence-corrected chi connectivity index (χ0v) is 10.0. The standard InChI is InChI=1S/C9H16INO2/c1-13-7-4-9(12)11-5-2-8(10)3-6-11/h2,9,12H,3-7H2,1H3. The zero-order valence-electron chi connectivity index (χ0n) is 7.87. The minimum Gasteiger partial charge on any atom is -0.385 e. The van der Waals surface area contributed by atoms with Crippen LogP contribution >= 0.6 is 22.6 Å². The van der Waals surface area contributed by atoms with Crippen LogP contribution < -0.4 is 0 Å². The molecule has 0 aromatic rings. The second kappa shape index (κ2) is 5.95. The molecule has 1 unspecified atom stereocenters. The van der Waals surface area contributed by atoms with Gasteiger partial charge in [0.1, 0.15) is 6.23 Å². The van der Waals surface area contributed by atoms with Gasteiger partial charge in [-0.3, -0.25) is 4.90 Å². The predicted molar refractivity (Wildman–Crippen MR) is 60.8 cm³/mol. The average molecular weight is 297 g/mol. The van der Waals surface area contributed by atoms with E-state index in [2.05, 4.69) is 33.6 Å². The molecule has 1 atom stereocenters. The van der Waals surface area contributed by atoms with Crippen LogP contribution in [0.3, 0.4) is 0 Å². The lowest BCUT2D eigenvalue weighted by Gasteiger charge is -2.29. The summed E-state index contributed by atoms with van der Waals surface area (Å²) in [6.07, 6.45) is 3.58. The Labute approximate surface area is 92.9 Å². The molecular weight excluding hydrogens is 281 g/mol. The van der Waals surface area contributed by atoms with Crippen LogP contribution in [0, 0.1) is 0 Å². The number of hydrogen-bond donors (Lipinski definition) is 1. The molecule has 0 radical (unpaired) electrons. The van der Waals surface area contributed by atoms with Gasteiger partial charge in [-0.05, 0) is 32.6 Å². The number of ether oxygens (including phenoxy) is 1. The van der Waals surface area contributed by atoms with Crippen molar-refractivity contribution in [2.45, 2.75) is 19.1 Å². The van der Waals surface area contributed by atoms with E-state index in [0.29, 0.717) is 13.0 Å². The van der Waals surface area contributed by atoms with Crippen LogP contribution in [0.1, 0.15) is 12.8 Å². The van der Waals surface area contributed by atoms with E-state index in [1.807, 2.05) is 0 Å². The lowest BCUT2D eigenvalue weighted by atomic mass is 10.2. The summed E-state index contributed by atoms with van der Waals surface area (Å²) in [5.41, 5.74) is 0. The van der Waals surface area contributed by atoms with E-state index in [-0.39, 0.29) is 6.23 Å². The largest absolute Gasteiger partial charge is 0.385 e. The maximum atomic E-state index is 9.71. The van der Waals surface area contributed by atoms with Crippen LogP contribution in [-0.2, 0) is 4.74 Å². The SMILES string of the molecule is COCCC(O)N1CC=C(I)CC1. The van der Waals surface area contributed by atoms with Gasteiger partial charge in [-0.15, -0.1) is 0 Å². The van der Waals surface area contributed by atoms with Gasteiger partial charge in [0.15, 0.2) is 0 Å². The fourth-order valence-corrected chi connectivity index (χ4v) is 1.77. The van der Waals surface area contributed by atoms with Crippen LogP contribution in [0.2, 0.25) is 0 Å². The Hall–Kier alpha value is 0.350. The van der Waals surface area contributed by atoms with Crippen molar-refractivity contribution >= 4 is 22.6 Å². The molecule has 76 valence electrons. The van der Waals surface area contributed by atoms with Gasteiger partial charge in [0.2, 0.25) is 0 Å². The number of nitrogens with zero attached hydrogens (tertiary/aromatic N) is 1. The molecule has 3 nitrogen and oxygen atoms in total. The van der Waals surface area contributed by atoms with Crippen molar-refractivity contribution in [2.75, 3.05) is 26.8 Å². The summed E-state index contributed by atoms with van der Waals surface area (Å²) in [5.74, 6) is 0. The smallest absolute Gasteiger partial charge is 0.109 e. The Morgan fingerprint density at radius 1 is 1.77 bits per heavy atom. The van der Waals surface area contributed by atoms with Gasteiger partial charge in [0.05, 0.1) is 0 Å². The highest BCUT2D eigenvalue weighted by Gasteiger charge is 2.17. The Morgan fingerprint density at radius 3 is 3.08 bits per heavy atom. The maximum absolute atomic E-state index is 9.71. The molecule has 4 heteroatoms. The van der Waals surface area contributed by atoms with Crippen LogP contribution in [0.25, 0.3) is 0 Å². The van der Waals surface area contributed by atoms with E-state index in [9.17, 15) is 5.11 Å². The van der Waals surface area contributed by atoms with Gasteiger partial charge in [-0.25, -0.2) is 0 Å². The Balaban J connectivity index is 2.28. The van der Waals surface area contributed by atoms with Crippen molar-refractivity contribution < 1.29 is 9.84 Å². The topological polar surface area (TPSA) is 32.7 Å². The van der Waals surface area contributed by atoms with Crippen LogP contribution in [0.15, 0.2) is 9.66 Å². The van der Waals surface area contributed by atoms with Crippen molar-refractivity contribution in [1.82, 2.24) is 4.90 Å². The van der Waals surface area contributed by atoms with Gasteiger partial charge >= 0.3 is 0 Å². The normalized spacial score (nSPS) is 21.3. The molecule has 0 saturated carbocycles. The first-order chi connectivity index (χ1) is 6.24. The third-order valence-corrected chi connectivity index (χ3v) is 3.17. The molecule has 1 N–H and O–H groups in total. The van der Waals surface area contributed by atoms with E-state index in [1.54, 1.807) is 7.11 Å². The van der Waals surface area contributed by atoms with Crippen molar-refractivity contribution in [1.29, 1.82) is 0 Å². The Kier molecular flexibility index (Phi) is 5.23. The fraction of sp³-hybridized carbons (Fsp3) is 0.778. The Morgan fingerprint density at radius 2 is 2.54 bits per heavy atom. The molecule has 1 aliphatic rings. The number of halogens is 1. The second-order valence-corrected chi connectivity index (χ2v) is 4.54. The average Bonchev–Trinajstić information content (AvgIpc) is 2.15. The molecule has 0 fully saturated rings. The number of aliphatic hydroxyl groups excluding tert-OH is 1. The first-order valence-corrected chi connectivity index (χ1v) is 5.57. The zero-order chi connectivity index (χ0) is 9.68. The molecule has 1 rings (SSSR count). The Bertz CT molecular complexity index is 184. The molecule has 0 bridgehead atoms. The van der Waals surface area contributed by atoms with Gasteiger partial charge < -0.3 is 9.84 Å². The van der Waals surface area contributed by atoms with Crippen LogP contribution in [0.4, 0.5) is 0 Å². The van der Waals surface area contributed by atoms with E-state index >= 15 is 0 Å². The monoisotopic (exact) mass is 297 g/mol. The van der Waals surface area contributed by atoms with Gasteiger partial charge in [-0.1, -0.05) is 6.08 Å². The quantitative estimate of drug-likeness (QED) is 0.796. The number of rotatable bonds is 4. The van der Waals surface area contributed by atoms with Crippen molar-refractivity contribution in [3.05, 3.63) is 9.66 Å². The summed E-state index contributed by atoms with van der Waals surface area (Å²) in [6.45, 7) is 2.45. The van der Waals surface area contributed by atoms with Crippen molar-refractivity contribution in [2.24, 2.45) is 0 Å². The lowest BCUT2D eigenvalue weighted by Crippen LogP contribution is -2.38. The molecule has 0 aromatic heterocycles. The van der Waals surface area contributed by atoms with E-state index in [4.69, 9.17) is 4.74 Å². The highest BCUT2D eigenvalue weighted by Crippen LogP contribution is 2.18. The summed E-state index contributed by atoms with van der Waals surface area (Å²) in [6, 6.07) is 0. The van der Waals surface area contributed by atoms with E-state index in [0.717, 1.165) is 19.5 Å². The maximum Gasteiger partial charge on any atom is 0.109 e. The molecule has 1 aliphatic heterocycles. The van der Waals surface area contributed by atoms with Gasteiger partial charge in [-0.2, -0.15) is 0 Å². The van der Waals surface area contributed by atoms with Gasteiger partial charge in [0.25, 0.3) is 0 Å². The lowest BCUT2D eigenvalue weighted by molar-refractivity contribution is -0.0118. The van der Waals surface area contributed by atoms with E-state index < -0.39 is 0 Å². The minimum absolute atomic E-state index is 0.347. The molecule has 0 aliphatic carbocycles. The predicted octanol–water partition coefficient (Wildman–Crippen LogP) is 1.37. The molecule has 0 saturated heterocycles. The van der Waals surface area contributed by atoms with Crippen LogP contribution in [-0.4, -0.2) is 43.0 Å². The molecular formula is C9H16INO2. The van der Waals surface area contributed by atoms with Crippen LogP contribution in [0.5, 0.6) is 0 Å². The molecule has 0 spiro atoms. The third-order valence-electron chi connectivity index (χ3n) is 2.19. The highest BCUT2D eigenvalue weighted by atomic mass is 127. The van der Waals surface area contributed by atoms with Crippen molar-refractivity contribution in [3.8, 4) is 0 Å². The molecule has 0 amide bonds. The second-order valence-electron chi connectivity index (χ2n) is 3.16. The van der Waals surface area contributed by atoms with Crippen molar-refractivity contribution in [3.63, 3.8) is 0 Å². The summed E-state index contributed by atoms with van der Waals surface area (Å²) >= 11 is 2.35. The number of hydrogen-bond acceptors (Lipinski definition) is 3. The molecule has 0 aromatic carbocycles. The minimum atomic E-state index is -0.347. The molecule has 1 heterocycles. The highest BCUT2D eigenvalue weighted by molar-refractivity contribution is 14.1.